The van der Waals surface area contributed by atoms with Gasteiger partial charge in [0.05, 0.1) is 0 Å². The lowest BCUT2D eigenvalue weighted by molar-refractivity contribution is -0.119. The van der Waals surface area contributed by atoms with Crippen molar-refractivity contribution >= 4 is 5.91 Å². The predicted octanol–water partition coefficient (Wildman–Crippen LogP) is 2.03. The monoisotopic (exact) mass is 300 g/mol. The highest BCUT2D eigenvalue weighted by atomic mass is 16.7. The van der Waals surface area contributed by atoms with Gasteiger partial charge >= 0.3 is 0 Å². The number of hydrogen-bond acceptors (Lipinski definition) is 5. The third kappa shape index (κ3) is 3.46. The molecule has 0 bridgehead atoms. The van der Waals surface area contributed by atoms with Crippen molar-refractivity contribution in [2.75, 3.05) is 6.79 Å². The Labute approximate surface area is 128 Å². The number of pyridine rings is 1. The van der Waals surface area contributed by atoms with Gasteiger partial charge in [-0.05, 0) is 29.3 Å². The van der Waals surface area contributed by atoms with Crippen molar-refractivity contribution in [3.8, 4) is 17.4 Å². The molecule has 2 heterocycles. The quantitative estimate of drug-likeness (QED) is 0.915. The molecule has 1 amide bonds. The topological polar surface area (TPSA) is 69.7 Å². The van der Waals surface area contributed by atoms with Gasteiger partial charge in [-0.25, -0.2) is 4.98 Å². The third-order valence-corrected chi connectivity index (χ3v) is 3.16. The van der Waals surface area contributed by atoms with E-state index in [1.807, 2.05) is 30.3 Å². The summed E-state index contributed by atoms with van der Waals surface area (Å²) in [5.74, 6) is 1.92. The maximum atomic E-state index is 10.9. The van der Waals surface area contributed by atoms with Gasteiger partial charge in [-0.3, -0.25) is 4.79 Å². The number of carbonyl (C=O) groups excluding carboxylic acids is 1. The van der Waals surface area contributed by atoms with E-state index >= 15 is 0 Å². The fourth-order valence-electron chi connectivity index (χ4n) is 2.05. The van der Waals surface area contributed by atoms with Crippen molar-refractivity contribution in [1.82, 2.24) is 10.3 Å². The molecule has 1 aliphatic heterocycles. The largest absolute Gasteiger partial charge is 0.473 e. The number of rotatable bonds is 5. The smallest absolute Gasteiger partial charge is 0.231 e. The Morgan fingerprint density at radius 1 is 1.23 bits per heavy atom. The molecule has 0 saturated carbocycles. The summed E-state index contributed by atoms with van der Waals surface area (Å²) in [5, 5.41) is 2.74. The van der Waals surface area contributed by atoms with Crippen molar-refractivity contribution in [3.05, 3.63) is 47.7 Å². The first kappa shape index (κ1) is 14.2. The molecule has 0 fully saturated rings. The molecule has 1 aromatic heterocycles. The molecular weight excluding hydrogens is 284 g/mol. The number of nitrogens with one attached hydrogen (secondary N) is 1. The molecule has 2 aromatic rings. The molecule has 0 aliphatic carbocycles. The summed E-state index contributed by atoms with van der Waals surface area (Å²) in [4.78, 5) is 15.1. The second kappa shape index (κ2) is 6.34. The van der Waals surface area contributed by atoms with Crippen molar-refractivity contribution in [3.63, 3.8) is 0 Å². The number of nitrogens with zero attached hydrogens (tertiary/aromatic N) is 1. The second-order valence-electron chi connectivity index (χ2n) is 4.89. The summed E-state index contributed by atoms with van der Waals surface area (Å²) in [5.41, 5.74) is 1.91. The summed E-state index contributed by atoms with van der Waals surface area (Å²) >= 11 is 0. The van der Waals surface area contributed by atoms with Crippen molar-refractivity contribution in [1.29, 1.82) is 0 Å². The highest BCUT2D eigenvalue weighted by molar-refractivity contribution is 5.72. The number of ether oxygens (including phenoxy) is 3. The van der Waals surface area contributed by atoms with E-state index in [2.05, 4.69) is 10.3 Å². The fraction of sp³-hybridized carbons (Fsp3) is 0.250. The van der Waals surface area contributed by atoms with Crippen LogP contribution in [0.25, 0.3) is 0 Å². The SMILES string of the molecule is CC(=O)NCc1ccnc(OCc2ccc3c(c2)OCO3)c1. The first-order valence-corrected chi connectivity index (χ1v) is 6.91. The Kier molecular flexibility index (Phi) is 4.09. The van der Waals surface area contributed by atoms with Gasteiger partial charge in [-0.15, -0.1) is 0 Å². The Bertz CT molecular complexity index is 688. The third-order valence-electron chi connectivity index (χ3n) is 3.16. The molecule has 1 aromatic carbocycles. The molecular formula is C16H16N2O4. The molecule has 1 N–H and O–H groups in total. The van der Waals surface area contributed by atoms with E-state index in [-0.39, 0.29) is 12.7 Å². The molecule has 22 heavy (non-hydrogen) atoms. The lowest BCUT2D eigenvalue weighted by atomic mass is 10.2. The van der Waals surface area contributed by atoms with Crippen molar-refractivity contribution < 1.29 is 19.0 Å². The summed E-state index contributed by atoms with van der Waals surface area (Å²) < 4.78 is 16.3. The maximum Gasteiger partial charge on any atom is 0.231 e. The van der Waals surface area contributed by atoms with Crippen LogP contribution in [0.5, 0.6) is 17.4 Å². The average molecular weight is 300 g/mol. The van der Waals surface area contributed by atoms with Gasteiger partial charge in [0.15, 0.2) is 11.5 Å². The zero-order valence-corrected chi connectivity index (χ0v) is 12.2. The number of aromatic nitrogens is 1. The molecule has 6 heteroatoms. The van der Waals surface area contributed by atoms with Crippen LogP contribution in [0, 0.1) is 0 Å². The van der Waals surface area contributed by atoms with Gasteiger partial charge in [0.25, 0.3) is 0 Å². The minimum Gasteiger partial charge on any atom is -0.473 e. The van der Waals surface area contributed by atoms with Gasteiger partial charge < -0.3 is 19.5 Å². The van der Waals surface area contributed by atoms with E-state index < -0.39 is 0 Å². The Hall–Kier alpha value is -2.76. The summed E-state index contributed by atoms with van der Waals surface area (Å²) in [6.45, 7) is 2.58. The zero-order chi connectivity index (χ0) is 15.4. The van der Waals surface area contributed by atoms with E-state index in [0.29, 0.717) is 19.0 Å². The fourth-order valence-corrected chi connectivity index (χ4v) is 2.05. The predicted molar refractivity (Wildman–Crippen MR) is 78.7 cm³/mol. The van der Waals surface area contributed by atoms with Crippen LogP contribution in [0.1, 0.15) is 18.1 Å². The Balaban J connectivity index is 1.61. The zero-order valence-electron chi connectivity index (χ0n) is 12.2. The molecule has 0 atom stereocenters. The van der Waals surface area contributed by atoms with Crippen LogP contribution in [-0.2, 0) is 17.9 Å². The maximum absolute atomic E-state index is 10.9. The van der Waals surface area contributed by atoms with Gasteiger partial charge in [-0.1, -0.05) is 6.07 Å². The summed E-state index contributed by atoms with van der Waals surface area (Å²) in [6, 6.07) is 9.33. The minimum absolute atomic E-state index is 0.0698. The molecule has 114 valence electrons. The van der Waals surface area contributed by atoms with Crippen LogP contribution in [-0.4, -0.2) is 17.7 Å². The van der Waals surface area contributed by atoms with E-state index in [0.717, 1.165) is 22.6 Å². The number of amides is 1. The van der Waals surface area contributed by atoms with Crippen LogP contribution in [0.4, 0.5) is 0 Å². The highest BCUT2D eigenvalue weighted by Crippen LogP contribution is 2.32. The molecule has 0 saturated heterocycles. The van der Waals surface area contributed by atoms with Crippen molar-refractivity contribution in [2.24, 2.45) is 0 Å². The van der Waals surface area contributed by atoms with E-state index in [4.69, 9.17) is 14.2 Å². The van der Waals surface area contributed by atoms with Crippen LogP contribution in [0.3, 0.4) is 0 Å². The number of hydrogen-bond donors (Lipinski definition) is 1. The highest BCUT2D eigenvalue weighted by Gasteiger charge is 2.13. The Morgan fingerprint density at radius 3 is 2.95 bits per heavy atom. The second-order valence-corrected chi connectivity index (χ2v) is 4.89. The van der Waals surface area contributed by atoms with E-state index in [9.17, 15) is 4.79 Å². The molecule has 0 spiro atoms. The van der Waals surface area contributed by atoms with Gasteiger partial charge in [0.1, 0.15) is 6.61 Å². The molecule has 1 aliphatic rings. The van der Waals surface area contributed by atoms with Gasteiger partial charge in [0, 0.05) is 25.7 Å². The molecule has 6 nitrogen and oxygen atoms in total. The van der Waals surface area contributed by atoms with Crippen LogP contribution < -0.4 is 19.5 Å². The van der Waals surface area contributed by atoms with Crippen molar-refractivity contribution in [2.45, 2.75) is 20.1 Å². The van der Waals surface area contributed by atoms with Crippen LogP contribution >= 0.6 is 0 Å². The minimum atomic E-state index is -0.0698. The van der Waals surface area contributed by atoms with Gasteiger partial charge in [0.2, 0.25) is 18.6 Å². The van der Waals surface area contributed by atoms with E-state index in [1.54, 1.807) is 6.20 Å². The normalized spacial score (nSPS) is 12.0. The number of carbonyl (C=O) groups is 1. The summed E-state index contributed by atoms with van der Waals surface area (Å²) in [7, 11) is 0. The first-order valence-electron chi connectivity index (χ1n) is 6.91. The number of benzene rings is 1. The first-order chi connectivity index (χ1) is 10.7. The summed E-state index contributed by atoms with van der Waals surface area (Å²) in [6.07, 6.45) is 1.66. The average Bonchev–Trinajstić information content (AvgIpc) is 2.99. The lowest BCUT2D eigenvalue weighted by Gasteiger charge is -2.08. The molecule has 3 rings (SSSR count). The standard InChI is InChI=1S/C16H16N2O4/c1-11(19)18-8-12-4-5-17-16(7-12)20-9-13-2-3-14-15(6-13)22-10-21-14/h2-7H,8-10H2,1H3,(H,18,19). The number of fused-ring (bicyclic) bond motifs is 1. The van der Waals surface area contributed by atoms with Crippen LogP contribution in [0.2, 0.25) is 0 Å². The van der Waals surface area contributed by atoms with Gasteiger partial charge in [-0.2, -0.15) is 0 Å². The molecule has 0 radical (unpaired) electrons. The van der Waals surface area contributed by atoms with E-state index in [1.165, 1.54) is 6.92 Å². The lowest BCUT2D eigenvalue weighted by Crippen LogP contribution is -2.18. The molecule has 0 unspecified atom stereocenters. The van der Waals surface area contributed by atoms with Crippen LogP contribution in [0.15, 0.2) is 36.5 Å². The Morgan fingerprint density at radius 2 is 2.09 bits per heavy atom.